The van der Waals surface area contributed by atoms with Gasteiger partial charge in [0.05, 0.1) is 25.8 Å². The largest absolute Gasteiger partial charge is 0.503 e. The van der Waals surface area contributed by atoms with Crippen LogP contribution in [0.3, 0.4) is 0 Å². The Morgan fingerprint density at radius 2 is 1.86 bits per heavy atom. The number of ether oxygens (including phenoxy) is 2. The summed E-state index contributed by atoms with van der Waals surface area (Å²) in [6.07, 6.45) is 0.441. The van der Waals surface area contributed by atoms with Gasteiger partial charge in [-0.15, -0.1) is 0 Å². The molecule has 1 heterocycles. The first-order valence-corrected chi connectivity index (χ1v) is 9.08. The minimum Gasteiger partial charge on any atom is -0.503 e. The number of aliphatic hydroxyl groups excluding tert-OH is 1. The first-order chi connectivity index (χ1) is 13.9. The molecule has 1 aliphatic heterocycles. The second-order valence-corrected chi connectivity index (χ2v) is 6.71. The van der Waals surface area contributed by atoms with Gasteiger partial charge in [0.15, 0.2) is 23.0 Å². The Hall–Kier alpha value is -3.35. The van der Waals surface area contributed by atoms with Gasteiger partial charge in [0, 0.05) is 6.54 Å². The minimum absolute atomic E-state index is 0.0205. The number of aliphatic hydroxyl groups is 1. The van der Waals surface area contributed by atoms with Gasteiger partial charge in [-0.2, -0.15) is 0 Å². The molecule has 0 bridgehead atoms. The predicted molar refractivity (Wildman–Crippen MR) is 104 cm³/mol. The lowest BCUT2D eigenvalue weighted by atomic mass is 9.96. The first kappa shape index (κ1) is 20.4. The van der Waals surface area contributed by atoms with Gasteiger partial charge < -0.3 is 19.5 Å². The van der Waals surface area contributed by atoms with Crippen LogP contribution in [0, 0.1) is 5.82 Å². The van der Waals surface area contributed by atoms with Crippen LogP contribution < -0.4 is 9.47 Å². The van der Waals surface area contributed by atoms with Gasteiger partial charge in [-0.05, 0) is 48.7 Å². The highest BCUT2D eigenvalue weighted by Crippen LogP contribution is 2.38. The van der Waals surface area contributed by atoms with Crippen molar-refractivity contribution >= 4 is 11.7 Å². The van der Waals surface area contributed by atoms with Gasteiger partial charge in [0.25, 0.3) is 5.91 Å². The Kier molecular flexibility index (Phi) is 5.87. The number of carbonyl (C=O) groups is 2. The first-order valence-electron chi connectivity index (χ1n) is 9.08. The summed E-state index contributed by atoms with van der Waals surface area (Å²) in [5.74, 6) is -0.999. The highest BCUT2D eigenvalue weighted by Gasteiger charge is 2.42. The van der Waals surface area contributed by atoms with Crippen LogP contribution in [0.25, 0.3) is 0 Å². The Labute approximate surface area is 168 Å². The van der Waals surface area contributed by atoms with Crippen LogP contribution in [0.15, 0.2) is 53.8 Å². The van der Waals surface area contributed by atoms with Gasteiger partial charge in [0.1, 0.15) is 5.82 Å². The molecular weight excluding hydrogens is 377 g/mol. The van der Waals surface area contributed by atoms with Crippen LogP contribution >= 0.6 is 0 Å². The number of ketones is 1. The Bertz CT molecular complexity index is 985. The minimum atomic E-state index is -0.837. The van der Waals surface area contributed by atoms with E-state index < -0.39 is 29.3 Å². The van der Waals surface area contributed by atoms with Crippen molar-refractivity contribution in [1.29, 1.82) is 0 Å². The third kappa shape index (κ3) is 3.94. The number of hydrogen-bond donors (Lipinski definition) is 1. The number of Topliss-reactive ketones (excluding diaryl/α,β-unsaturated/α-hetero) is 1. The smallest absolute Gasteiger partial charge is 0.290 e. The quantitative estimate of drug-likeness (QED) is 0.773. The van der Waals surface area contributed by atoms with Crippen molar-refractivity contribution in [2.75, 3.05) is 20.8 Å². The maximum Gasteiger partial charge on any atom is 0.290 e. The van der Waals surface area contributed by atoms with Gasteiger partial charge in [-0.3, -0.25) is 9.59 Å². The fourth-order valence-electron chi connectivity index (χ4n) is 3.55. The molecule has 1 N–H and O–H groups in total. The van der Waals surface area contributed by atoms with E-state index >= 15 is 0 Å². The summed E-state index contributed by atoms with van der Waals surface area (Å²) < 4.78 is 24.3. The van der Waals surface area contributed by atoms with Gasteiger partial charge in [0.2, 0.25) is 0 Å². The summed E-state index contributed by atoms with van der Waals surface area (Å²) in [6, 6.07) is 10.3. The van der Waals surface area contributed by atoms with Crippen molar-refractivity contribution in [2.45, 2.75) is 19.4 Å². The highest BCUT2D eigenvalue weighted by atomic mass is 19.1. The van der Waals surface area contributed by atoms with Crippen molar-refractivity contribution in [3.8, 4) is 11.5 Å². The van der Waals surface area contributed by atoms with E-state index in [9.17, 15) is 19.1 Å². The van der Waals surface area contributed by atoms with Gasteiger partial charge in [-0.1, -0.05) is 18.2 Å². The number of amides is 1. The van der Waals surface area contributed by atoms with Crippen molar-refractivity contribution < 1.29 is 28.6 Å². The third-order valence-electron chi connectivity index (χ3n) is 4.94. The topological polar surface area (TPSA) is 76.1 Å². The Balaban J connectivity index is 1.91. The maximum absolute atomic E-state index is 13.8. The lowest BCUT2D eigenvalue weighted by molar-refractivity contribution is -0.129. The number of hydrogen-bond acceptors (Lipinski definition) is 5. The molecule has 29 heavy (non-hydrogen) atoms. The zero-order chi connectivity index (χ0) is 21.1. The van der Waals surface area contributed by atoms with E-state index in [1.54, 1.807) is 25.3 Å². The molecule has 2 aromatic rings. The summed E-state index contributed by atoms with van der Waals surface area (Å²) in [4.78, 5) is 26.2. The molecule has 0 spiro atoms. The second kappa shape index (κ2) is 8.34. The van der Waals surface area contributed by atoms with Gasteiger partial charge >= 0.3 is 0 Å². The van der Waals surface area contributed by atoms with Crippen molar-refractivity contribution in [3.63, 3.8) is 0 Å². The molecule has 0 saturated heterocycles. The van der Waals surface area contributed by atoms with Crippen LogP contribution in [0.1, 0.15) is 24.1 Å². The monoisotopic (exact) mass is 399 g/mol. The normalized spacial score (nSPS) is 16.3. The average molecular weight is 399 g/mol. The number of carbonyl (C=O) groups excluding carboxylic acids is 2. The summed E-state index contributed by atoms with van der Waals surface area (Å²) in [5, 5.41) is 10.3. The van der Waals surface area contributed by atoms with Crippen molar-refractivity contribution in [3.05, 3.63) is 70.7 Å². The summed E-state index contributed by atoms with van der Waals surface area (Å²) in [7, 11) is 3.08. The molecule has 3 rings (SSSR count). The molecule has 0 aliphatic carbocycles. The number of nitrogens with zero attached hydrogens (tertiary/aromatic N) is 1. The number of halogens is 1. The van der Waals surface area contributed by atoms with Crippen LogP contribution in [-0.2, 0) is 16.0 Å². The third-order valence-corrected chi connectivity index (χ3v) is 4.94. The maximum atomic E-state index is 13.8. The standard InChI is InChI=1S/C22H22FNO5/c1-13(25)19-20(15-5-4-6-16(23)12-15)24(22(27)21(19)26)10-9-14-7-8-17(28-2)18(11-14)29-3/h4-8,11-12,20,26H,9-10H2,1-3H3/t20-/m0/s1. The molecule has 7 heteroatoms. The molecular formula is C22H22FNO5. The van der Waals surface area contributed by atoms with E-state index in [1.165, 1.54) is 37.1 Å². The average Bonchev–Trinajstić information content (AvgIpc) is 2.96. The number of methoxy groups -OCH3 is 2. The lowest BCUT2D eigenvalue weighted by Crippen LogP contribution is -2.33. The highest BCUT2D eigenvalue weighted by molar-refractivity contribution is 6.08. The van der Waals surface area contributed by atoms with Crippen molar-refractivity contribution in [2.24, 2.45) is 0 Å². The molecule has 152 valence electrons. The van der Waals surface area contributed by atoms with Crippen LogP contribution in [-0.4, -0.2) is 42.5 Å². The zero-order valence-electron chi connectivity index (χ0n) is 16.4. The molecule has 0 fully saturated rings. The SMILES string of the molecule is COc1ccc(CCN2C(=O)C(O)=C(C(C)=O)[C@@H]2c2cccc(F)c2)cc1OC. The van der Waals surface area contributed by atoms with E-state index in [2.05, 4.69) is 0 Å². The van der Waals surface area contributed by atoms with Crippen LogP contribution in [0.4, 0.5) is 4.39 Å². The Morgan fingerprint density at radius 3 is 2.48 bits per heavy atom. The summed E-state index contributed by atoms with van der Waals surface area (Å²) in [6.45, 7) is 1.50. The van der Waals surface area contributed by atoms with E-state index in [-0.39, 0.29) is 12.1 Å². The van der Waals surface area contributed by atoms with Gasteiger partial charge in [-0.25, -0.2) is 4.39 Å². The molecule has 0 saturated carbocycles. The zero-order valence-corrected chi connectivity index (χ0v) is 16.4. The molecule has 0 aromatic heterocycles. The molecule has 2 aromatic carbocycles. The van der Waals surface area contributed by atoms with Crippen LogP contribution in [0.5, 0.6) is 11.5 Å². The van der Waals surface area contributed by atoms with E-state index in [0.717, 1.165) is 5.56 Å². The molecule has 1 amide bonds. The summed E-state index contributed by atoms with van der Waals surface area (Å²) >= 11 is 0. The molecule has 1 aliphatic rings. The second-order valence-electron chi connectivity index (χ2n) is 6.71. The Morgan fingerprint density at radius 1 is 1.14 bits per heavy atom. The fraction of sp³-hybridized carbons (Fsp3) is 0.273. The van der Waals surface area contributed by atoms with Crippen LogP contribution in [0.2, 0.25) is 0 Å². The van der Waals surface area contributed by atoms with E-state index in [4.69, 9.17) is 9.47 Å². The molecule has 6 nitrogen and oxygen atoms in total. The number of benzene rings is 2. The fourth-order valence-corrected chi connectivity index (χ4v) is 3.55. The van der Waals surface area contributed by atoms with E-state index in [0.29, 0.717) is 23.5 Å². The number of rotatable bonds is 7. The molecule has 0 unspecified atom stereocenters. The van der Waals surface area contributed by atoms with E-state index in [1.807, 2.05) is 6.07 Å². The molecule has 1 atom stereocenters. The lowest BCUT2D eigenvalue weighted by Gasteiger charge is -2.26. The summed E-state index contributed by atoms with van der Waals surface area (Å²) in [5.41, 5.74) is 1.29. The predicted octanol–water partition coefficient (Wildman–Crippen LogP) is 3.37. The van der Waals surface area contributed by atoms with Crippen molar-refractivity contribution in [1.82, 2.24) is 4.90 Å². The molecule has 0 radical (unpaired) electrons.